The first-order valence-electron chi connectivity index (χ1n) is 12.9. The monoisotopic (exact) mass is 460 g/mol. The Kier molecular flexibility index (Phi) is 7.67. The van der Waals surface area contributed by atoms with Crippen molar-refractivity contribution in [2.45, 2.75) is 63.6 Å². The van der Waals surface area contributed by atoms with Crippen LogP contribution in [0, 0.1) is 0 Å². The van der Waals surface area contributed by atoms with Gasteiger partial charge in [-0.25, -0.2) is 0 Å². The average Bonchev–Trinajstić information content (AvgIpc) is 3.80. The van der Waals surface area contributed by atoms with Crippen LogP contribution in [0.25, 0.3) is 5.57 Å². The summed E-state index contributed by atoms with van der Waals surface area (Å²) < 4.78 is 22.4. The standard InChI is InChI=1S/C30H36O4/c1-2-3-4-5-6-26-17-25(13-16-30(26)34-21-29-20-33-29)24-9-7-22(8-10-24)23-11-14-27(15-12-23)31-18-28-19-32-28/h7,9-17,22,28-29H,2-6,8,18-21H2,1H3. The summed E-state index contributed by atoms with van der Waals surface area (Å²) in [7, 11) is 0. The van der Waals surface area contributed by atoms with E-state index in [4.69, 9.17) is 18.9 Å². The van der Waals surface area contributed by atoms with Crippen molar-refractivity contribution in [3.63, 3.8) is 0 Å². The lowest BCUT2D eigenvalue weighted by molar-refractivity contribution is 0.261. The van der Waals surface area contributed by atoms with Crippen LogP contribution in [0.4, 0.5) is 0 Å². The lowest BCUT2D eigenvalue weighted by Crippen LogP contribution is -2.06. The highest BCUT2D eigenvalue weighted by molar-refractivity contribution is 5.76. The van der Waals surface area contributed by atoms with Gasteiger partial charge < -0.3 is 18.9 Å². The van der Waals surface area contributed by atoms with Crippen molar-refractivity contribution in [3.8, 4) is 11.5 Å². The van der Waals surface area contributed by atoms with Gasteiger partial charge in [0.2, 0.25) is 0 Å². The predicted octanol–water partition coefficient (Wildman–Crippen LogP) is 6.49. The van der Waals surface area contributed by atoms with Gasteiger partial charge in [0.1, 0.15) is 36.9 Å². The van der Waals surface area contributed by atoms with Gasteiger partial charge in [-0.15, -0.1) is 0 Å². The minimum absolute atomic E-state index is 0.279. The van der Waals surface area contributed by atoms with Gasteiger partial charge in [-0.3, -0.25) is 0 Å². The van der Waals surface area contributed by atoms with Crippen molar-refractivity contribution < 1.29 is 18.9 Å². The van der Waals surface area contributed by atoms with Gasteiger partial charge in [0, 0.05) is 5.92 Å². The van der Waals surface area contributed by atoms with E-state index in [9.17, 15) is 0 Å². The Bertz CT molecular complexity index is 999. The van der Waals surface area contributed by atoms with E-state index in [1.807, 2.05) is 0 Å². The minimum atomic E-state index is 0.279. The topological polar surface area (TPSA) is 43.5 Å². The molecule has 0 spiro atoms. The van der Waals surface area contributed by atoms with E-state index in [1.165, 1.54) is 47.9 Å². The molecule has 2 aromatic rings. The lowest BCUT2D eigenvalue weighted by atomic mass is 9.87. The molecule has 2 aromatic carbocycles. The molecule has 5 rings (SSSR count). The number of benzene rings is 2. The zero-order valence-corrected chi connectivity index (χ0v) is 20.2. The van der Waals surface area contributed by atoms with Crippen molar-refractivity contribution in [3.05, 3.63) is 77.4 Å². The van der Waals surface area contributed by atoms with Crippen LogP contribution < -0.4 is 9.47 Å². The van der Waals surface area contributed by atoms with Crippen LogP contribution in [0.15, 0.2) is 60.7 Å². The molecule has 3 atom stereocenters. The fraction of sp³-hybridized carbons (Fsp3) is 0.467. The number of hydrogen-bond acceptors (Lipinski definition) is 4. The highest BCUT2D eigenvalue weighted by atomic mass is 16.6. The number of allylic oxidation sites excluding steroid dienone is 4. The van der Waals surface area contributed by atoms with E-state index in [0.717, 1.165) is 37.6 Å². The molecular weight excluding hydrogens is 424 g/mol. The maximum atomic E-state index is 6.10. The summed E-state index contributed by atoms with van der Waals surface area (Å²) in [6.07, 6.45) is 14.6. The molecule has 2 aliphatic heterocycles. The maximum absolute atomic E-state index is 6.10. The SMILES string of the molecule is CCCCCCc1cc(C2=CCC(c3ccc(OCC4CO4)cc3)C=C2)ccc1OCC1CO1. The Morgan fingerprint density at radius 3 is 2.32 bits per heavy atom. The fourth-order valence-corrected chi connectivity index (χ4v) is 4.43. The normalized spacial score (nSPS) is 22.9. The smallest absolute Gasteiger partial charge is 0.122 e. The molecule has 0 N–H and O–H groups in total. The van der Waals surface area contributed by atoms with Gasteiger partial charge >= 0.3 is 0 Å². The van der Waals surface area contributed by atoms with Gasteiger partial charge in [0.05, 0.1) is 13.2 Å². The second-order valence-electron chi connectivity index (χ2n) is 9.60. The van der Waals surface area contributed by atoms with Crippen molar-refractivity contribution in [2.75, 3.05) is 26.4 Å². The molecule has 0 saturated carbocycles. The third-order valence-corrected chi connectivity index (χ3v) is 6.77. The van der Waals surface area contributed by atoms with Crippen molar-refractivity contribution in [2.24, 2.45) is 0 Å². The molecule has 3 unspecified atom stereocenters. The van der Waals surface area contributed by atoms with Crippen LogP contribution in [-0.4, -0.2) is 38.6 Å². The fourth-order valence-electron chi connectivity index (χ4n) is 4.43. The Balaban J connectivity index is 1.21. The highest BCUT2D eigenvalue weighted by Gasteiger charge is 2.24. The number of aryl methyl sites for hydroxylation is 1. The molecular formula is C30H36O4. The minimum Gasteiger partial charge on any atom is -0.491 e. The van der Waals surface area contributed by atoms with E-state index in [2.05, 4.69) is 67.6 Å². The van der Waals surface area contributed by atoms with Crippen LogP contribution in [-0.2, 0) is 15.9 Å². The van der Waals surface area contributed by atoms with Crippen LogP contribution in [0.2, 0.25) is 0 Å². The first-order valence-corrected chi connectivity index (χ1v) is 12.9. The van der Waals surface area contributed by atoms with E-state index in [0.29, 0.717) is 19.1 Å². The summed E-state index contributed by atoms with van der Waals surface area (Å²) in [6, 6.07) is 15.2. The predicted molar refractivity (Wildman–Crippen MR) is 136 cm³/mol. The van der Waals surface area contributed by atoms with Crippen molar-refractivity contribution in [1.29, 1.82) is 0 Å². The summed E-state index contributed by atoms with van der Waals surface area (Å²) in [5.74, 6) is 2.33. The Hall–Kier alpha value is -2.56. The highest BCUT2D eigenvalue weighted by Crippen LogP contribution is 2.33. The number of unbranched alkanes of at least 4 members (excludes halogenated alkanes) is 3. The summed E-state index contributed by atoms with van der Waals surface area (Å²) in [5, 5.41) is 0. The van der Waals surface area contributed by atoms with Crippen LogP contribution in [0.1, 0.15) is 61.6 Å². The largest absolute Gasteiger partial charge is 0.491 e. The summed E-state index contributed by atoms with van der Waals surface area (Å²) in [4.78, 5) is 0. The molecule has 34 heavy (non-hydrogen) atoms. The molecule has 0 aromatic heterocycles. The Labute approximate surface area is 203 Å². The summed E-state index contributed by atoms with van der Waals surface area (Å²) in [6.45, 7) is 5.21. The second kappa shape index (κ2) is 11.2. The number of epoxide rings is 2. The number of hydrogen-bond donors (Lipinski definition) is 0. The molecule has 0 radical (unpaired) electrons. The molecule has 2 fully saturated rings. The molecule has 0 bridgehead atoms. The molecule has 2 heterocycles. The van der Waals surface area contributed by atoms with Gasteiger partial charge in [-0.1, -0.05) is 62.6 Å². The quantitative estimate of drug-likeness (QED) is 0.253. The van der Waals surface area contributed by atoms with Crippen LogP contribution >= 0.6 is 0 Å². The molecule has 1 aliphatic carbocycles. The summed E-state index contributed by atoms with van der Waals surface area (Å²) >= 11 is 0. The van der Waals surface area contributed by atoms with Gasteiger partial charge in [0.15, 0.2) is 0 Å². The maximum Gasteiger partial charge on any atom is 0.122 e. The Morgan fingerprint density at radius 2 is 1.65 bits per heavy atom. The van der Waals surface area contributed by atoms with E-state index < -0.39 is 0 Å². The van der Waals surface area contributed by atoms with E-state index >= 15 is 0 Å². The first kappa shape index (κ1) is 23.2. The first-order chi connectivity index (χ1) is 16.8. The molecule has 4 heteroatoms. The van der Waals surface area contributed by atoms with Gasteiger partial charge in [-0.05, 0) is 65.8 Å². The zero-order valence-electron chi connectivity index (χ0n) is 20.2. The Morgan fingerprint density at radius 1 is 0.882 bits per heavy atom. The van der Waals surface area contributed by atoms with Gasteiger partial charge in [0.25, 0.3) is 0 Å². The van der Waals surface area contributed by atoms with Crippen molar-refractivity contribution in [1.82, 2.24) is 0 Å². The van der Waals surface area contributed by atoms with Crippen molar-refractivity contribution >= 4 is 5.57 Å². The van der Waals surface area contributed by atoms with E-state index in [1.54, 1.807) is 0 Å². The third-order valence-electron chi connectivity index (χ3n) is 6.77. The zero-order chi connectivity index (χ0) is 23.2. The molecule has 2 saturated heterocycles. The molecule has 3 aliphatic rings. The van der Waals surface area contributed by atoms with Gasteiger partial charge in [-0.2, -0.15) is 0 Å². The second-order valence-corrected chi connectivity index (χ2v) is 9.60. The summed E-state index contributed by atoms with van der Waals surface area (Å²) in [5.41, 5.74) is 5.22. The van der Waals surface area contributed by atoms with Crippen LogP contribution in [0.3, 0.4) is 0 Å². The molecule has 4 nitrogen and oxygen atoms in total. The average molecular weight is 461 g/mol. The number of rotatable bonds is 13. The van der Waals surface area contributed by atoms with E-state index in [-0.39, 0.29) is 12.2 Å². The third kappa shape index (κ3) is 6.52. The van der Waals surface area contributed by atoms with Crippen LogP contribution in [0.5, 0.6) is 11.5 Å². The number of ether oxygens (including phenoxy) is 4. The lowest BCUT2D eigenvalue weighted by Gasteiger charge is -2.19. The molecule has 180 valence electrons. The molecule has 0 amide bonds.